The van der Waals surface area contributed by atoms with Crippen LogP contribution in [-0.4, -0.2) is 58.5 Å². The first-order valence-electron chi connectivity index (χ1n) is 6.25. The van der Waals surface area contributed by atoms with E-state index in [1.807, 2.05) is 0 Å². The van der Waals surface area contributed by atoms with Crippen molar-refractivity contribution in [2.75, 3.05) is 53.6 Å². The van der Waals surface area contributed by atoms with Crippen LogP contribution < -0.4 is 5.73 Å². The smallest absolute Gasteiger partial charge is 0.0589 e. The largest absolute Gasteiger partial charge is 0.383 e. The van der Waals surface area contributed by atoms with Crippen LogP contribution in [0.3, 0.4) is 0 Å². The van der Waals surface area contributed by atoms with Crippen molar-refractivity contribution in [3.8, 4) is 0 Å². The van der Waals surface area contributed by atoms with Crippen molar-refractivity contribution in [3.63, 3.8) is 0 Å². The minimum atomic E-state index is 0.798. The third kappa shape index (κ3) is 10.4. The monoisotopic (exact) mass is 232 g/mol. The predicted molar refractivity (Wildman–Crippen MR) is 67.7 cm³/mol. The molecule has 0 aliphatic rings. The first kappa shape index (κ1) is 15.8. The summed E-state index contributed by atoms with van der Waals surface area (Å²) in [6.45, 7) is 5.54. The minimum absolute atomic E-state index is 0.798. The summed E-state index contributed by atoms with van der Waals surface area (Å²) in [5, 5.41) is 0. The number of rotatable bonds is 12. The topological polar surface area (TPSA) is 47.7 Å². The van der Waals surface area contributed by atoms with Crippen LogP contribution in [0, 0.1) is 0 Å². The molecule has 16 heavy (non-hydrogen) atoms. The molecule has 0 heterocycles. The van der Waals surface area contributed by atoms with E-state index in [2.05, 4.69) is 4.90 Å². The Labute approximate surface area is 100 Å². The number of nitrogens with two attached hydrogens (primary N) is 1. The van der Waals surface area contributed by atoms with Crippen LogP contribution in [0.5, 0.6) is 0 Å². The van der Waals surface area contributed by atoms with Gasteiger partial charge in [0.1, 0.15) is 0 Å². The van der Waals surface area contributed by atoms with Gasteiger partial charge in [-0.3, -0.25) is 4.90 Å². The molecule has 0 aromatic rings. The lowest BCUT2D eigenvalue weighted by Gasteiger charge is -2.21. The number of hydrogen-bond acceptors (Lipinski definition) is 4. The molecule has 2 N–H and O–H groups in total. The average Bonchev–Trinajstić information content (AvgIpc) is 2.31. The maximum absolute atomic E-state index is 5.46. The van der Waals surface area contributed by atoms with Gasteiger partial charge in [-0.2, -0.15) is 0 Å². The van der Waals surface area contributed by atoms with E-state index < -0.39 is 0 Å². The van der Waals surface area contributed by atoms with Gasteiger partial charge >= 0.3 is 0 Å². The van der Waals surface area contributed by atoms with Crippen molar-refractivity contribution in [1.29, 1.82) is 0 Å². The molecule has 0 aromatic heterocycles. The van der Waals surface area contributed by atoms with E-state index in [9.17, 15) is 0 Å². The zero-order valence-electron chi connectivity index (χ0n) is 10.9. The highest BCUT2D eigenvalue weighted by Gasteiger charge is 2.03. The lowest BCUT2D eigenvalue weighted by atomic mass is 10.2. The Morgan fingerprint density at radius 3 is 1.88 bits per heavy atom. The molecule has 0 rings (SSSR count). The number of nitrogens with zero attached hydrogens (tertiary/aromatic N) is 1. The number of methoxy groups -OCH3 is 2. The first-order valence-corrected chi connectivity index (χ1v) is 6.25. The highest BCUT2D eigenvalue weighted by atomic mass is 16.5. The van der Waals surface area contributed by atoms with Gasteiger partial charge in [-0.15, -0.1) is 0 Å². The summed E-state index contributed by atoms with van der Waals surface area (Å²) in [4.78, 5) is 2.40. The van der Waals surface area contributed by atoms with Crippen LogP contribution in [-0.2, 0) is 9.47 Å². The van der Waals surface area contributed by atoms with Crippen molar-refractivity contribution < 1.29 is 9.47 Å². The second kappa shape index (κ2) is 12.9. The van der Waals surface area contributed by atoms with Crippen molar-refractivity contribution in [2.45, 2.75) is 25.7 Å². The normalized spacial score (nSPS) is 11.2. The molecule has 0 fully saturated rings. The van der Waals surface area contributed by atoms with Crippen molar-refractivity contribution >= 4 is 0 Å². The molecule has 0 unspecified atom stereocenters. The molecule has 0 aromatic carbocycles. The zero-order valence-corrected chi connectivity index (χ0v) is 10.9. The lowest BCUT2D eigenvalue weighted by Crippen LogP contribution is -2.31. The molecular weight excluding hydrogens is 204 g/mol. The van der Waals surface area contributed by atoms with Crippen LogP contribution in [0.15, 0.2) is 0 Å². The van der Waals surface area contributed by atoms with E-state index in [-0.39, 0.29) is 0 Å². The van der Waals surface area contributed by atoms with E-state index in [1.165, 1.54) is 19.3 Å². The van der Waals surface area contributed by atoms with E-state index in [4.69, 9.17) is 15.2 Å². The third-order valence-corrected chi connectivity index (χ3v) is 2.65. The second-order valence-electron chi connectivity index (χ2n) is 4.03. The fourth-order valence-electron chi connectivity index (χ4n) is 1.61. The summed E-state index contributed by atoms with van der Waals surface area (Å²) in [7, 11) is 3.49. The molecule has 0 saturated carbocycles. The molecule has 0 spiro atoms. The van der Waals surface area contributed by atoms with Gasteiger partial charge in [0.15, 0.2) is 0 Å². The van der Waals surface area contributed by atoms with Crippen LogP contribution in [0.1, 0.15) is 25.7 Å². The summed E-state index contributed by atoms with van der Waals surface area (Å²) < 4.78 is 10.2. The van der Waals surface area contributed by atoms with Crippen molar-refractivity contribution in [2.24, 2.45) is 5.73 Å². The van der Waals surface area contributed by atoms with Gasteiger partial charge in [0, 0.05) is 27.3 Å². The lowest BCUT2D eigenvalue weighted by molar-refractivity contribution is 0.113. The van der Waals surface area contributed by atoms with Gasteiger partial charge < -0.3 is 15.2 Å². The van der Waals surface area contributed by atoms with Crippen molar-refractivity contribution in [1.82, 2.24) is 4.90 Å². The summed E-state index contributed by atoms with van der Waals surface area (Å²) in [6, 6.07) is 0. The molecule has 0 radical (unpaired) electrons. The van der Waals surface area contributed by atoms with Crippen LogP contribution in [0.25, 0.3) is 0 Å². The minimum Gasteiger partial charge on any atom is -0.383 e. The highest BCUT2D eigenvalue weighted by molar-refractivity contribution is 4.57. The van der Waals surface area contributed by atoms with Gasteiger partial charge in [-0.25, -0.2) is 0 Å². The molecule has 4 nitrogen and oxygen atoms in total. The summed E-state index contributed by atoms with van der Waals surface area (Å²) in [6.07, 6.45) is 4.91. The van der Waals surface area contributed by atoms with Gasteiger partial charge in [0.25, 0.3) is 0 Å². The standard InChI is InChI=1S/C12H28N2O2/c1-15-11-9-14(10-12-16-2)8-6-4-3-5-7-13/h3-13H2,1-2H3. The van der Waals surface area contributed by atoms with E-state index in [0.717, 1.165) is 45.8 Å². The van der Waals surface area contributed by atoms with E-state index in [1.54, 1.807) is 14.2 Å². The fraction of sp³-hybridized carbons (Fsp3) is 1.00. The Morgan fingerprint density at radius 2 is 1.38 bits per heavy atom. The van der Waals surface area contributed by atoms with Gasteiger partial charge in [-0.05, 0) is 25.9 Å². The summed E-state index contributed by atoms with van der Waals surface area (Å²) >= 11 is 0. The van der Waals surface area contributed by atoms with Crippen LogP contribution in [0.4, 0.5) is 0 Å². The molecule has 0 bridgehead atoms. The maximum Gasteiger partial charge on any atom is 0.0589 e. The molecule has 0 amide bonds. The summed E-state index contributed by atoms with van der Waals surface area (Å²) in [5.41, 5.74) is 5.46. The molecule has 0 aliphatic carbocycles. The molecule has 0 atom stereocenters. The van der Waals surface area contributed by atoms with Crippen LogP contribution in [0.2, 0.25) is 0 Å². The van der Waals surface area contributed by atoms with Crippen molar-refractivity contribution in [3.05, 3.63) is 0 Å². The van der Waals surface area contributed by atoms with Crippen LogP contribution >= 0.6 is 0 Å². The van der Waals surface area contributed by atoms with Gasteiger partial charge in [-0.1, -0.05) is 12.8 Å². The molecule has 98 valence electrons. The van der Waals surface area contributed by atoms with Gasteiger partial charge in [0.2, 0.25) is 0 Å². The third-order valence-electron chi connectivity index (χ3n) is 2.65. The highest BCUT2D eigenvalue weighted by Crippen LogP contribution is 2.01. The number of unbranched alkanes of at least 4 members (excludes halogenated alkanes) is 3. The predicted octanol–water partition coefficient (Wildman–Crippen LogP) is 1.10. The SMILES string of the molecule is COCCN(CCCCCCN)CCOC. The van der Waals surface area contributed by atoms with Gasteiger partial charge in [0.05, 0.1) is 13.2 Å². The van der Waals surface area contributed by atoms with E-state index >= 15 is 0 Å². The Morgan fingerprint density at radius 1 is 0.812 bits per heavy atom. The molecule has 0 saturated heterocycles. The first-order chi connectivity index (χ1) is 7.85. The Balaban J connectivity index is 3.48. The zero-order chi connectivity index (χ0) is 12.1. The quantitative estimate of drug-likeness (QED) is 0.512. The molecule has 4 heteroatoms. The Hall–Kier alpha value is -0.160. The average molecular weight is 232 g/mol. The molecule has 0 aliphatic heterocycles. The Bertz CT molecular complexity index is 126. The number of hydrogen-bond donors (Lipinski definition) is 1. The number of ether oxygens (including phenoxy) is 2. The summed E-state index contributed by atoms with van der Waals surface area (Å²) in [5.74, 6) is 0. The fourth-order valence-corrected chi connectivity index (χ4v) is 1.61. The van der Waals surface area contributed by atoms with E-state index in [0.29, 0.717) is 0 Å². The molecular formula is C12H28N2O2. The Kier molecular flexibility index (Phi) is 12.8. The second-order valence-corrected chi connectivity index (χ2v) is 4.03. The maximum atomic E-state index is 5.46.